The van der Waals surface area contributed by atoms with E-state index in [0.717, 1.165) is 19.3 Å². The van der Waals surface area contributed by atoms with Crippen LogP contribution in [0.25, 0.3) is 0 Å². The standard InChI is InChI=1S/C10H17NO2/c1-2-7-5-3-4-6-8(7)9(12)10(11)13/h3,5,7-9,12H,2,4,6H2,1H3,(H2,11,13)/t7-,8+,9?/m0/s1. The zero-order valence-corrected chi connectivity index (χ0v) is 7.94. The van der Waals surface area contributed by atoms with E-state index >= 15 is 0 Å². The van der Waals surface area contributed by atoms with E-state index in [-0.39, 0.29) is 5.92 Å². The van der Waals surface area contributed by atoms with Crippen LogP contribution >= 0.6 is 0 Å². The second kappa shape index (κ2) is 4.42. The maximum Gasteiger partial charge on any atom is 0.246 e. The summed E-state index contributed by atoms with van der Waals surface area (Å²) in [6.45, 7) is 2.06. The van der Waals surface area contributed by atoms with E-state index in [1.54, 1.807) is 0 Å². The molecular formula is C10H17NO2. The Bertz CT molecular complexity index is 213. The summed E-state index contributed by atoms with van der Waals surface area (Å²) in [5.74, 6) is -0.275. The number of hydrogen-bond acceptors (Lipinski definition) is 2. The zero-order valence-electron chi connectivity index (χ0n) is 7.94. The van der Waals surface area contributed by atoms with Crippen molar-refractivity contribution < 1.29 is 9.90 Å². The van der Waals surface area contributed by atoms with E-state index in [9.17, 15) is 9.90 Å². The minimum atomic E-state index is -0.977. The van der Waals surface area contributed by atoms with Gasteiger partial charge in [-0.1, -0.05) is 19.1 Å². The van der Waals surface area contributed by atoms with Crippen molar-refractivity contribution in [3.05, 3.63) is 12.2 Å². The quantitative estimate of drug-likeness (QED) is 0.636. The molecule has 74 valence electrons. The number of carbonyl (C=O) groups is 1. The molecule has 1 amide bonds. The largest absolute Gasteiger partial charge is 0.383 e. The fraction of sp³-hybridized carbons (Fsp3) is 0.700. The van der Waals surface area contributed by atoms with Crippen LogP contribution in [0.1, 0.15) is 26.2 Å². The van der Waals surface area contributed by atoms with Crippen LogP contribution in [0.4, 0.5) is 0 Å². The average molecular weight is 183 g/mol. The van der Waals surface area contributed by atoms with E-state index in [4.69, 9.17) is 5.73 Å². The molecule has 3 N–H and O–H groups in total. The van der Waals surface area contributed by atoms with Crippen LogP contribution in [0.15, 0.2) is 12.2 Å². The van der Waals surface area contributed by atoms with Gasteiger partial charge in [0, 0.05) is 5.92 Å². The molecule has 0 spiro atoms. The van der Waals surface area contributed by atoms with Gasteiger partial charge in [-0.3, -0.25) is 4.79 Å². The van der Waals surface area contributed by atoms with Gasteiger partial charge in [0.05, 0.1) is 0 Å². The first-order chi connectivity index (χ1) is 6.16. The normalized spacial score (nSPS) is 30.0. The number of carbonyl (C=O) groups excluding carboxylic acids is 1. The number of hydrogen-bond donors (Lipinski definition) is 2. The molecule has 0 saturated carbocycles. The molecule has 0 aromatic carbocycles. The van der Waals surface area contributed by atoms with Gasteiger partial charge in [-0.25, -0.2) is 0 Å². The molecule has 0 heterocycles. The summed E-state index contributed by atoms with van der Waals surface area (Å²) >= 11 is 0. The Hall–Kier alpha value is -0.830. The van der Waals surface area contributed by atoms with E-state index < -0.39 is 12.0 Å². The molecule has 0 aliphatic heterocycles. The van der Waals surface area contributed by atoms with E-state index in [2.05, 4.69) is 19.1 Å². The van der Waals surface area contributed by atoms with Gasteiger partial charge >= 0.3 is 0 Å². The van der Waals surface area contributed by atoms with Crippen molar-refractivity contribution >= 4 is 5.91 Å². The van der Waals surface area contributed by atoms with Crippen molar-refractivity contribution in [1.82, 2.24) is 0 Å². The first-order valence-electron chi connectivity index (χ1n) is 4.80. The molecular weight excluding hydrogens is 166 g/mol. The summed E-state index contributed by atoms with van der Waals surface area (Å²) in [6, 6.07) is 0. The molecule has 0 radical (unpaired) electrons. The Morgan fingerprint density at radius 1 is 1.77 bits per heavy atom. The zero-order chi connectivity index (χ0) is 9.84. The molecule has 3 atom stereocenters. The van der Waals surface area contributed by atoms with Crippen LogP contribution < -0.4 is 5.73 Å². The van der Waals surface area contributed by atoms with Gasteiger partial charge in [0.15, 0.2) is 0 Å². The molecule has 0 aromatic rings. The minimum absolute atomic E-state index is 0.0208. The third kappa shape index (κ3) is 2.31. The number of primary amides is 1. The predicted octanol–water partition coefficient (Wildman–Crippen LogP) is 0.825. The molecule has 0 fully saturated rings. The van der Waals surface area contributed by atoms with Crippen molar-refractivity contribution in [2.24, 2.45) is 17.6 Å². The highest BCUT2D eigenvalue weighted by Crippen LogP contribution is 2.29. The van der Waals surface area contributed by atoms with Crippen LogP contribution in [0, 0.1) is 11.8 Å². The third-order valence-electron chi connectivity index (χ3n) is 2.77. The van der Waals surface area contributed by atoms with Crippen LogP contribution in [-0.4, -0.2) is 17.1 Å². The number of aliphatic hydroxyl groups is 1. The fourth-order valence-electron chi connectivity index (χ4n) is 1.96. The summed E-state index contributed by atoms with van der Waals surface area (Å²) in [4.78, 5) is 10.8. The lowest BCUT2D eigenvalue weighted by Crippen LogP contribution is -2.39. The van der Waals surface area contributed by atoms with Crippen molar-refractivity contribution in [3.8, 4) is 0 Å². The van der Waals surface area contributed by atoms with Crippen molar-refractivity contribution in [1.29, 1.82) is 0 Å². The van der Waals surface area contributed by atoms with Gasteiger partial charge in [0.2, 0.25) is 5.91 Å². The van der Waals surface area contributed by atoms with Crippen LogP contribution in [0.5, 0.6) is 0 Å². The third-order valence-corrected chi connectivity index (χ3v) is 2.77. The van der Waals surface area contributed by atoms with E-state index in [1.165, 1.54) is 0 Å². The first kappa shape index (κ1) is 10.3. The highest BCUT2D eigenvalue weighted by molar-refractivity contribution is 5.78. The van der Waals surface area contributed by atoms with Gasteiger partial charge in [0.1, 0.15) is 6.10 Å². The number of rotatable bonds is 3. The Morgan fingerprint density at radius 3 is 3.00 bits per heavy atom. The maximum atomic E-state index is 10.8. The Balaban J connectivity index is 2.66. The SMILES string of the molecule is CC[C@H]1C=CCC[C@H]1C(O)C(N)=O. The lowest BCUT2D eigenvalue weighted by Gasteiger charge is -2.29. The number of amides is 1. The number of nitrogens with two attached hydrogens (primary N) is 1. The molecule has 1 aliphatic carbocycles. The Kier molecular flexibility index (Phi) is 3.48. The van der Waals surface area contributed by atoms with Gasteiger partial charge in [-0.05, 0) is 25.2 Å². The summed E-state index contributed by atoms with van der Waals surface area (Å²) in [7, 11) is 0. The molecule has 0 aromatic heterocycles. The monoisotopic (exact) mass is 183 g/mol. The highest BCUT2D eigenvalue weighted by atomic mass is 16.3. The first-order valence-corrected chi connectivity index (χ1v) is 4.80. The van der Waals surface area contributed by atoms with E-state index in [0.29, 0.717) is 5.92 Å². The summed E-state index contributed by atoms with van der Waals surface area (Å²) in [6.07, 6.45) is 5.96. The summed E-state index contributed by atoms with van der Waals surface area (Å²) in [5.41, 5.74) is 5.07. The smallest absolute Gasteiger partial charge is 0.246 e. The van der Waals surface area contributed by atoms with Crippen LogP contribution in [0.2, 0.25) is 0 Å². The van der Waals surface area contributed by atoms with Crippen molar-refractivity contribution in [2.75, 3.05) is 0 Å². The summed E-state index contributed by atoms with van der Waals surface area (Å²) in [5, 5.41) is 9.54. The molecule has 0 bridgehead atoms. The second-order valence-electron chi connectivity index (χ2n) is 3.59. The molecule has 1 aliphatic rings. The summed E-state index contributed by atoms with van der Waals surface area (Å²) < 4.78 is 0. The topological polar surface area (TPSA) is 63.3 Å². The number of aliphatic hydroxyl groups excluding tert-OH is 1. The van der Waals surface area contributed by atoms with Crippen LogP contribution in [-0.2, 0) is 4.79 Å². The van der Waals surface area contributed by atoms with Gasteiger partial charge in [-0.2, -0.15) is 0 Å². The molecule has 0 saturated heterocycles. The maximum absolute atomic E-state index is 10.8. The van der Waals surface area contributed by atoms with Crippen LogP contribution in [0.3, 0.4) is 0 Å². The Morgan fingerprint density at radius 2 is 2.46 bits per heavy atom. The highest BCUT2D eigenvalue weighted by Gasteiger charge is 2.30. The Labute approximate surface area is 78.6 Å². The average Bonchev–Trinajstić information content (AvgIpc) is 2.16. The molecule has 13 heavy (non-hydrogen) atoms. The van der Waals surface area contributed by atoms with E-state index in [1.807, 2.05) is 0 Å². The molecule has 1 unspecified atom stereocenters. The predicted molar refractivity (Wildman–Crippen MR) is 50.8 cm³/mol. The fourth-order valence-corrected chi connectivity index (χ4v) is 1.96. The van der Waals surface area contributed by atoms with Crippen molar-refractivity contribution in [3.63, 3.8) is 0 Å². The number of allylic oxidation sites excluding steroid dienone is 2. The second-order valence-corrected chi connectivity index (χ2v) is 3.59. The molecule has 3 heteroatoms. The lowest BCUT2D eigenvalue weighted by molar-refractivity contribution is -0.129. The molecule has 3 nitrogen and oxygen atoms in total. The molecule has 1 rings (SSSR count). The lowest BCUT2D eigenvalue weighted by atomic mass is 9.79. The van der Waals surface area contributed by atoms with Gasteiger partial charge < -0.3 is 10.8 Å². The van der Waals surface area contributed by atoms with Gasteiger partial charge in [-0.15, -0.1) is 0 Å². The van der Waals surface area contributed by atoms with Crippen molar-refractivity contribution in [2.45, 2.75) is 32.3 Å². The van der Waals surface area contributed by atoms with Gasteiger partial charge in [0.25, 0.3) is 0 Å². The minimum Gasteiger partial charge on any atom is -0.383 e.